The van der Waals surface area contributed by atoms with E-state index in [1.807, 2.05) is 0 Å². The minimum absolute atomic E-state index is 0.179. The van der Waals surface area contributed by atoms with E-state index in [9.17, 15) is 9.90 Å². The summed E-state index contributed by atoms with van der Waals surface area (Å²) in [5.41, 5.74) is 5.63. The second-order valence-corrected chi connectivity index (χ2v) is 4.45. The molecule has 17 heavy (non-hydrogen) atoms. The van der Waals surface area contributed by atoms with E-state index < -0.39 is 5.60 Å². The van der Waals surface area contributed by atoms with Gasteiger partial charge in [0.15, 0.2) is 0 Å². The Labute approximate surface area is 101 Å². The normalized spacial score (nSPS) is 11.1. The first kappa shape index (κ1) is 13.3. The van der Waals surface area contributed by atoms with Crippen LogP contribution in [0.2, 0.25) is 0 Å². The Balaban J connectivity index is 2.76. The average molecular weight is 238 g/mol. The molecule has 0 aliphatic carbocycles. The smallest absolute Gasteiger partial charge is 0.251 e. The molecule has 1 aromatic carbocycles. The van der Waals surface area contributed by atoms with E-state index in [-0.39, 0.29) is 12.5 Å². The van der Waals surface area contributed by atoms with Crippen LogP contribution >= 0.6 is 0 Å². The molecule has 1 amide bonds. The zero-order chi connectivity index (χ0) is 13.1. The van der Waals surface area contributed by atoms with Crippen LogP contribution in [0.3, 0.4) is 0 Å². The number of benzene rings is 1. The van der Waals surface area contributed by atoms with Gasteiger partial charge in [-0.3, -0.25) is 4.79 Å². The fourth-order valence-corrected chi connectivity index (χ4v) is 1.25. The molecule has 5 heteroatoms. The molecule has 0 bridgehead atoms. The van der Waals surface area contributed by atoms with Gasteiger partial charge < -0.3 is 20.9 Å². The van der Waals surface area contributed by atoms with Crippen molar-refractivity contribution in [2.75, 3.05) is 19.4 Å². The number of aliphatic hydroxyl groups is 1. The minimum atomic E-state index is -0.937. The summed E-state index contributed by atoms with van der Waals surface area (Å²) >= 11 is 0. The van der Waals surface area contributed by atoms with E-state index in [1.54, 1.807) is 32.0 Å². The quantitative estimate of drug-likeness (QED) is 0.677. The molecule has 0 aliphatic heterocycles. The largest absolute Gasteiger partial charge is 0.495 e. The Kier molecular flexibility index (Phi) is 3.96. The van der Waals surface area contributed by atoms with Crippen LogP contribution in [-0.2, 0) is 0 Å². The van der Waals surface area contributed by atoms with Crippen LogP contribution in [0.5, 0.6) is 5.75 Å². The van der Waals surface area contributed by atoms with Gasteiger partial charge in [-0.1, -0.05) is 0 Å². The number of anilines is 1. The first-order valence-corrected chi connectivity index (χ1v) is 5.27. The predicted octanol–water partition coefficient (Wildman–Crippen LogP) is 0.778. The number of hydrogen-bond acceptors (Lipinski definition) is 4. The Morgan fingerprint density at radius 3 is 2.71 bits per heavy atom. The van der Waals surface area contributed by atoms with Crippen LogP contribution in [0.4, 0.5) is 5.69 Å². The van der Waals surface area contributed by atoms with Crippen molar-refractivity contribution in [2.45, 2.75) is 19.4 Å². The third kappa shape index (κ3) is 3.96. The van der Waals surface area contributed by atoms with E-state index >= 15 is 0 Å². The fourth-order valence-electron chi connectivity index (χ4n) is 1.25. The third-order valence-electron chi connectivity index (χ3n) is 2.18. The number of hydrogen-bond donors (Lipinski definition) is 3. The Morgan fingerprint density at radius 2 is 2.18 bits per heavy atom. The van der Waals surface area contributed by atoms with Gasteiger partial charge in [0.1, 0.15) is 5.75 Å². The maximum Gasteiger partial charge on any atom is 0.251 e. The number of amides is 1. The van der Waals surface area contributed by atoms with Crippen LogP contribution < -0.4 is 15.8 Å². The zero-order valence-corrected chi connectivity index (χ0v) is 10.3. The van der Waals surface area contributed by atoms with Crippen LogP contribution in [0.1, 0.15) is 24.2 Å². The molecule has 1 aromatic rings. The molecule has 0 aromatic heterocycles. The summed E-state index contributed by atoms with van der Waals surface area (Å²) in [6.45, 7) is 3.42. The SMILES string of the molecule is COc1cc(C(=O)NCC(C)(C)O)ccc1N. The third-order valence-corrected chi connectivity index (χ3v) is 2.18. The van der Waals surface area contributed by atoms with Crippen LogP contribution in [0.25, 0.3) is 0 Å². The molecular weight excluding hydrogens is 220 g/mol. The fraction of sp³-hybridized carbons (Fsp3) is 0.417. The summed E-state index contributed by atoms with van der Waals surface area (Å²) < 4.78 is 5.03. The van der Waals surface area contributed by atoms with Gasteiger partial charge in [0.2, 0.25) is 0 Å². The van der Waals surface area contributed by atoms with Crippen molar-refractivity contribution in [3.8, 4) is 5.75 Å². The van der Waals surface area contributed by atoms with Crippen LogP contribution in [0.15, 0.2) is 18.2 Å². The summed E-state index contributed by atoms with van der Waals surface area (Å²) in [5.74, 6) is 0.186. The topological polar surface area (TPSA) is 84.6 Å². The van der Waals surface area contributed by atoms with E-state index in [0.29, 0.717) is 17.0 Å². The van der Waals surface area contributed by atoms with Crippen molar-refractivity contribution >= 4 is 11.6 Å². The monoisotopic (exact) mass is 238 g/mol. The van der Waals surface area contributed by atoms with Gasteiger partial charge in [-0.05, 0) is 32.0 Å². The molecule has 0 heterocycles. The highest BCUT2D eigenvalue weighted by atomic mass is 16.5. The molecule has 4 N–H and O–H groups in total. The van der Waals surface area contributed by atoms with E-state index in [0.717, 1.165) is 0 Å². The van der Waals surface area contributed by atoms with Gasteiger partial charge in [0, 0.05) is 12.1 Å². The lowest BCUT2D eigenvalue weighted by molar-refractivity contribution is 0.0694. The number of nitrogens with one attached hydrogen (secondary N) is 1. The minimum Gasteiger partial charge on any atom is -0.495 e. The van der Waals surface area contributed by atoms with Gasteiger partial charge in [-0.15, -0.1) is 0 Å². The van der Waals surface area contributed by atoms with Crippen molar-refractivity contribution in [2.24, 2.45) is 0 Å². The first-order chi connectivity index (χ1) is 7.83. The number of nitrogens with two attached hydrogens (primary N) is 1. The summed E-state index contributed by atoms with van der Waals surface area (Å²) in [7, 11) is 1.49. The molecule has 0 aliphatic rings. The Morgan fingerprint density at radius 1 is 1.53 bits per heavy atom. The van der Waals surface area contributed by atoms with Crippen molar-refractivity contribution in [1.29, 1.82) is 0 Å². The van der Waals surface area contributed by atoms with E-state index in [4.69, 9.17) is 10.5 Å². The number of carbonyl (C=O) groups excluding carboxylic acids is 1. The predicted molar refractivity (Wildman–Crippen MR) is 66.0 cm³/mol. The number of rotatable bonds is 4. The zero-order valence-electron chi connectivity index (χ0n) is 10.3. The number of nitrogen functional groups attached to an aromatic ring is 1. The molecule has 0 atom stereocenters. The summed E-state index contributed by atoms with van der Waals surface area (Å²) in [6, 6.07) is 4.78. The summed E-state index contributed by atoms with van der Waals surface area (Å²) in [5, 5.41) is 12.1. The van der Waals surface area contributed by atoms with Crippen LogP contribution in [0, 0.1) is 0 Å². The van der Waals surface area contributed by atoms with Gasteiger partial charge in [-0.2, -0.15) is 0 Å². The molecule has 0 spiro atoms. The molecule has 0 saturated heterocycles. The standard InChI is InChI=1S/C12H18N2O3/c1-12(2,16)7-14-11(15)8-4-5-9(13)10(6-8)17-3/h4-6,16H,7,13H2,1-3H3,(H,14,15). The molecule has 0 unspecified atom stereocenters. The number of methoxy groups -OCH3 is 1. The van der Waals surface area contributed by atoms with Gasteiger partial charge in [-0.25, -0.2) is 0 Å². The highest BCUT2D eigenvalue weighted by Crippen LogP contribution is 2.22. The van der Waals surface area contributed by atoms with Gasteiger partial charge >= 0.3 is 0 Å². The Bertz CT molecular complexity index is 411. The number of ether oxygens (including phenoxy) is 1. The molecule has 1 rings (SSSR count). The van der Waals surface area contributed by atoms with Crippen molar-refractivity contribution in [3.63, 3.8) is 0 Å². The molecule has 0 radical (unpaired) electrons. The molecule has 0 fully saturated rings. The Hall–Kier alpha value is -1.75. The van der Waals surface area contributed by atoms with E-state index in [1.165, 1.54) is 7.11 Å². The lowest BCUT2D eigenvalue weighted by Gasteiger charge is -2.17. The maximum atomic E-state index is 11.8. The highest BCUT2D eigenvalue weighted by molar-refractivity contribution is 5.95. The maximum absolute atomic E-state index is 11.8. The van der Waals surface area contributed by atoms with Crippen molar-refractivity contribution < 1.29 is 14.6 Å². The highest BCUT2D eigenvalue weighted by Gasteiger charge is 2.15. The second kappa shape index (κ2) is 5.05. The lowest BCUT2D eigenvalue weighted by Crippen LogP contribution is -2.38. The second-order valence-electron chi connectivity index (χ2n) is 4.45. The van der Waals surface area contributed by atoms with Crippen LogP contribution in [-0.4, -0.2) is 30.3 Å². The summed E-state index contributed by atoms with van der Waals surface area (Å²) in [4.78, 5) is 11.8. The van der Waals surface area contributed by atoms with Crippen molar-refractivity contribution in [3.05, 3.63) is 23.8 Å². The average Bonchev–Trinajstić information content (AvgIpc) is 2.25. The summed E-state index contributed by atoms with van der Waals surface area (Å²) in [6.07, 6.45) is 0. The molecule has 94 valence electrons. The lowest BCUT2D eigenvalue weighted by atomic mass is 10.1. The molecular formula is C12H18N2O3. The first-order valence-electron chi connectivity index (χ1n) is 5.27. The van der Waals surface area contributed by atoms with Gasteiger partial charge in [0.25, 0.3) is 5.91 Å². The molecule has 0 saturated carbocycles. The molecule has 5 nitrogen and oxygen atoms in total. The number of carbonyl (C=O) groups is 1. The van der Waals surface area contributed by atoms with Crippen molar-refractivity contribution in [1.82, 2.24) is 5.32 Å². The van der Waals surface area contributed by atoms with E-state index in [2.05, 4.69) is 5.32 Å². The van der Waals surface area contributed by atoms with Gasteiger partial charge in [0.05, 0.1) is 18.4 Å².